The van der Waals surface area contributed by atoms with Crippen LogP contribution in [0.25, 0.3) is 22.2 Å². The number of urea groups is 1. The molecule has 3 N–H and O–H groups in total. The Bertz CT molecular complexity index is 675. The SMILES string of the molecule is NC(=O)Nc1cocc2nc3ccccc3c1-2. The van der Waals surface area contributed by atoms with Crippen LogP contribution in [0, 0.1) is 0 Å². The van der Waals surface area contributed by atoms with Crippen LogP contribution in [0.3, 0.4) is 0 Å². The zero-order valence-electron chi connectivity index (χ0n) is 8.81. The van der Waals surface area contributed by atoms with E-state index in [2.05, 4.69) is 10.3 Å². The van der Waals surface area contributed by atoms with E-state index < -0.39 is 6.03 Å². The number of hydrogen-bond donors (Lipinski definition) is 2. The van der Waals surface area contributed by atoms with E-state index in [0.29, 0.717) is 11.4 Å². The predicted molar refractivity (Wildman–Crippen MR) is 63.8 cm³/mol. The van der Waals surface area contributed by atoms with Gasteiger partial charge in [0.15, 0.2) is 0 Å². The van der Waals surface area contributed by atoms with Crippen LogP contribution in [0.5, 0.6) is 0 Å². The molecule has 5 heteroatoms. The molecule has 0 saturated heterocycles. The molecule has 0 bridgehead atoms. The largest absolute Gasteiger partial charge is 0.468 e. The number of rotatable bonds is 1. The van der Waals surface area contributed by atoms with Gasteiger partial charge in [0.2, 0.25) is 0 Å². The minimum Gasteiger partial charge on any atom is -0.468 e. The van der Waals surface area contributed by atoms with Crippen molar-refractivity contribution >= 4 is 22.6 Å². The normalized spacial score (nSPS) is 10.8. The van der Waals surface area contributed by atoms with Gasteiger partial charge >= 0.3 is 6.03 Å². The highest BCUT2D eigenvalue weighted by Gasteiger charge is 2.17. The van der Waals surface area contributed by atoms with Gasteiger partial charge in [-0.1, -0.05) is 18.2 Å². The number of nitrogens with two attached hydrogens (primary N) is 1. The molecular formula is C12H9N3O2. The van der Waals surface area contributed by atoms with E-state index in [1.807, 2.05) is 24.3 Å². The molecule has 0 aromatic heterocycles. The molecule has 84 valence electrons. The first-order chi connectivity index (χ1) is 8.25. The van der Waals surface area contributed by atoms with E-state index in [1.165, 1.54) is 6.26 Å². The summed E-state index contributed by atoms with van der Waals surface area (Å²) in [6.45, 7) is 0. The van der Waals surface area contributed by atoms with Crippen molar-refractivity contribution in [2.75, 3.05) is 5.32 Å². The van der Waals surface area contributed by atoms with Gasteiger partial charge in [-0.15, -0.1) is 0 Å². The second kappa shape index (κ2) is 3.48. The number of aromatic nitrogens is 1. The first-order valence-electron chi connectivity index (χ1n) is 5.07. The minimum absolute atomic E-state index is 0.531. The Balaban J connectivity index is 2.33. The van der Waals surface area contributed by atoms with Gasteiger partial charge in [0, 0.05) is 10.9 Å². The van der Waals surface area contributed by atoms with Crippen LogP contribution in [0.2, 0.25) is 0 Å². The van der Waals surface area contributed by atoms with E-state index in [4.69, 9.17) is 10.2 Å². The van der Waals surface area contributed by atoms with Crippen molar-refractivity contribution in [3.8, 4) is 11.3 Å². The molecule has 2 heterocycles. The Kier molecular flexibility index (Phi) is 1.98. The molecule has 0 aliphatic carbocycles. The zero-order valence-corrected chi connectivity index (χ0v) is 8.81. The molecule has 2 aliphatic rings. The summed E-state index contributed by atoms with van der Waals surface area (Å²) in [6.07, 6.45) is 2.99. The Morgan fingerprint density at radius 1 is 1.29 bits per heavy atom. The molecule has 2 amide bonds. The average molecular weight is 227 g/mol. The Morgan fingerprint density at radius 2 is 2.12 bits per heavy atom. The smallest absolute Gasteiger partial charge is 0.316 e. The number of nitrogens with one attached hydrogen (secondary N) is 1. The highest BCUT2D eigenvalue weighted by atomic mass is 16.3. The molecule has 0 spiro atoms. The molecule has 5 nitrogen and oxygen atoms in total. The molecule has 0 radical (unpaired) electrons. The maximum absolute atomic E-state index is 10.9. The second-order valence-corrected chi connectivity index (χ2v) is 3.66. The number of nitrogens with zero attached hydrogens (tertiary/aromatic N) is 1. The summed E-state index contributed by atoms with van der Waals surface area (Å²) in [6, 6.07) is 7.05. The number of hydrogen-bond acceptors (Lipinski definition) is 3. The lowest BCUT2D eigenvalue weighted by atomic mass is 10.1. The van der Waals surface area contributed by atoms with Gasteiger partial charge in [-0.25, -0.2) is 9.78 Å². The Morgan fingerprint density at radius 3 is 2.94 bits per heavy atom. The van der Waals surface area contributed by atoms with E-state index in [1.54, 1.807) is 6.26 Å². The molecule has 0 atom stereocenters. The van der Waals surface area contributed by atoms with E-state index in [0.717, 1.165) is 16.5 Å². The molecule has 17 heavy (non-hydrogen) atoms. The van der Waals surface area contributed by atoms with Gasteiger partial charge < -0.3 is 15.5 Å². The lowest BCUT2D eigenvalue weighted by Crippen LogP contribution is -2.19. The molecule has 0 unspecified atom stereocenters. The third-order valence-electron chi connectivity index (χ3n) is 2.56. The fraction of sp³-hybridized carbons (Fsp3) is 0. The van der Waals surface area contributed by atoms with Crippen molar-refractivity contribution in [3.05, 3.63) is 36.8 Å². The first kappa shape index (κ1) is 9.65. The van der Waals surface area contributed by atoms with Gasteiger partial charge in [-0.2, -0.15) is 0 Å². The number of carbonyl (C=O) groups is 1. The van der Waals surface area contributed by atoms with Crippen molar-refractivity contribution in [3.63, 3.8) is 0 Å². The van der Waals surface area contributed by atoms with E-state index >= 15 is 0 Å². The van der Waals surface area contributed by atoms with E-state index in [-0.39, 0.29) is 0 Å². The highest BCUT2D eigenvalue weighted by Crippen LogP contribution is 2.36. The topological polar surface area (TPSA) is 81.2 Å². The van der Waals surface area contributed by atoms with Gasteiger partial charge in [0.05, 0.1) is 11.2 Å². The molecular weight excluding hydrogens is 218 g/mol. The highest BCUT2D eigenvalue weighted by molar-refractivity contribution is 6.05. The summed E-state index contributed by atoms with van der Waals surface area (Å²) in [7, 11) is 0. The van der Waals surface area contributed by atoms with Crippen LogP contribution >= 0.6 is 0 Å². The Hall–Kier alpha value is -2.56. The van der Waals surface area contributed by atoms with Crippen LogP contribution in [-0.4, -0.2) is 11.0 Å². The molecule has 1 aromatic rings. The average Bonchev–Trinajstić information content (AvgIpc) is 2.67. The second-order valence-electron chi connectivity index (χ2n) is 3.66. The van der Waals surface area contributed by atoms with Crippen LogP contribution in [-0.2, 0) is 0 Å². The van der Waals surface area contributed by atoms with Gasteiger partial charge in [-0.3, -0.25) is 0 Å². The van der Waals surface area contributed by atoms with Crippen molar-refractivity contribution in [1.29, 1.82) is 0 Å². The number of amides is 2. The van der Waals surface area contributed by atoms with E-state index in [9.17, 15) is 4.79 Å². The summed E-state index contributed by atoms with van der Waals surface area (Å²) in [5, 5.41) is 3.49. The van der Waals surface area contributed by atoms with Gasteiger partial charge in [0.1, 0.15) is 18.2 Å². The maximum atomic E-state index is 10.9. The summed E-state index contributed by atoms with van der Waals surface area (Å²) in [5.74, 6) is 0. The van der Waals surface area contributed by atoms with Gasteiger partial charge in [-0.05, 0) is 6.07 Å². The van der Waals surface area contributed by atoms with Crippen molar-refractivity contribution in [1.82, 2.24) is 4.98 Å². The number of para-hydroxylation sites is 1. The van der Waals surface area contributed by atoms with Crippen molar-refractivity contribution in [2.45, 2.75) is 0 Å². The molecule has 1 aromatic carbocycles. The van der Waals surface area contributed by atoms with Crippen LogP contribution in [0.15, 0.2) is 41.2 Å². The molecule has 3 rings (SSSR count). The van der Waals surface area contributed by atoms with Crippen molar-refractivity contribution < 1.29 is 9.21 Å². The summed E-state index contributed by atoms with van der Waals surface area (Å²) in [5.41, 5.74) is 8.04. The lowest BCUT2D eigenvalue weighted by molar-refractivity contribution is 0.259. The Labute approximate surface area is 96.6 Å². The third kappa shape index (κ3) is 1.48. The monoisotopic (exact) mass is 227 g/mol. The van der Waals surface area contributed by atoms with Crippen LogP contribution in [0.1, 0.15) is 0 Å². The molecule has 2 aliphatic heterocycles. The third-order valence-corrected chi connectivity index (χ3v) is 2.56. The molecule has 0 fully saturated rings. The van der Waals surface area contributed by atoms with Crippen molar-refractivity contribution in [2.24, 2.45) is 5.73 Å². The standard InChI is InChI=1S/C12H9N3O2/c13-12(16)15-10-6-17-5-9-11(10)7-3-1-2-4-8(7)14-9/h1-6H,(H3,13,15,16). The van der Waals surface area contributed by atoms with Gasteiger partial charge in [0.25, 0.3) is 0 Å². The number of benzene rings is 1. The molecule has 0 saturated carbocycles. The summed E-state index contributed by atoms with van der Waals surface area (Å²) < 4.78 is 5.12. The zero-order chi connectivity index (χ0) is 11.8. The first-order valence-corrected chi connectivity index (χ1v) is 5.07. The van der Waals surface area contributed by atoms with Crippen LogP contribution < -0.4 is 11.1 Å². The number of carbonyl (C=O) groups excluding carboxylic acids is 1. The number of anilines is 1. The fourth-order valence-corrected chi connectivity index (χ4v) is 1.92. The fourth-order valence-electron chi connectivity index (χ4n) is 1.92. The number of fused-ring (bicyclic) bond motifs is 3. The van der Waals surface area contributed by atoms with Crippen LogP contribution in [0.4, 0.5) is 10.5 Å². The summed E-state index contributed by atoms with van der Waals surface area (Å²) >= 11 is 0. The quantitative estimate of drug-likeness (QED) is 0.669. The number of primary amides is 1. The lowest BCUT2D eigenvalue weighted by Gasteiger charge is -2.06. The summed E-state index contributed by atoms with van der Waals surface area (Å²) in [4.78, 5) is 15.3. The minimum atomic E-state index is -0.627. The maximum Gasteiger partial charge on any atom is 0.316 e. The predicted octanol–water partition coefficient (Wildman–Crippen LogP) is 2.42.